The Morgan fingerprint density at radius 2 is 1.40 bits per heavy atom. The van der Waals surface area contributed by atoms with Crippen molar-refractivity contribution in [2.24, 2.45) is 0 Å². The summed E-state index contributed by atoms with van der Waals surface area (Å²) in [5, 5.41) is 3.24. The van der Waals surface area contributed by atoms with Crippen LogP contribution in [-0.4, -0.2) is 30.9 Å². The van der Waals surface area contributed by atoms with E-state index in [1.54, 1.807) is 14.2 Å². The summed E-state index contributed by atoms with van der Waals surface area (Å²) < 4.78 is 23.6. The number of carbonyl (C=O) groups is 2. The summed E-state index contributed by atoms with van der Waals surface area (Å²) >= 11 is 1.35. The summed E-state index contributed by atoms with van der Waals surface area (Å²) in [6, 6.07) is 20.4. The number of nitrogens with one attached hydrogen (secondary N) is 1. The van der Waals surface area contributed by atoms with Crippen molar-refractivity contribution in [3.63, 3.8) is 0 Å². The number of Topliss-reactive ketones (excluding diaryl/α,β-unsaturated/α-hetero) is 1. The quantitative estimate of drug-likeness (QED) is 0.281. The molecule has 4 aromatic rings. The van der Waals surface area contributed by atoms with Crippen LogP contribution in [0, 0.1) is 5.82 Å². The van der Waals surface area contributed by atoms with Gasteiger partial charge in [0.15, 0.2) is 10.9 Å². The lowest BCUT2D eigenvalue weighted by Gasteiger charge is -2.05. The van der Waals surface area contributed by atoms with E-state index < -0.39 is 5.82 Å². The van der Waals surface area contributed by atoms with Gasteiger partial charge in [0.25, 0.3) is 0 Å². The van der Waals surface area contributed by atoms with Crippen LogP contribution in [0.2, 0.25) is 0 Å². The van der Waals surface area contributed by atoms with Gasteiger partial charge in [-0.2, -0.15) is 0 Å². The van der Waals surface area contributed by atoms with E-state index in [1.807, 2.05) is 48.5 Å². The number of methoxy groups -OCH3 is 2. The Kier molecular flexibility index (Phi) is 7.52. The third-order valence-corrected chi connectivity index (χ3v) is 6.35. The molecule has 8 heteroatoms. The van der Waals surface area contributed by atoms with E-state index in [0.717, 1.165) is 33.2 Å². The molecule has 0 bridgehead atoms. The number of hydrogen-bond donors (Lipinski definition) is 1. The molecule has 0 spiro atoms. The Hall–Kier alpha value is -4.04. The van der Waals surface area contributed by atoms with Crippen LogP contribution in [0.15, 0.2) is 72.8 Å². The fraction of sp³-hybridized carbons (Fsp3) is 0.148. The molecule has 1 amide bonds. The van der Waals surface area contributed by atoms with E-state index in [1.165, 1.54) is 35.6 Å². The van der Waals surface area contributed by atoms with E-state index in [-0.39, 0.29) is 24.5 Å². The third kappa shape index (κ3) is 5.91. The molecule has 0 aliphatic heterocycles. The normalized spacial score (nSPS) is 10.6. The highest BCUT2D eigenvalue weighted by molar-refractivity contribution is 7.19. The molecular weight excluding hydrogens is 467 g/mol. The van der Waals surface area contributed by atoms with Crippen molar-refractivity contribution >= 4 is 28.2 Å². The zero-order chi connectivity index (χ0) is 24.8. The van der Waals surface area contributed by atoms with Crippen LogP contribution >= 0.6 is 11.3 Å². The molecule has 4 rings (SSSR count). The minimum atomic E-state index is -0.414. The van der Waals surface area contributed by atoms with Crippen LogP contribution < -0.4 is 14.8 Å². The predicted octanol–water partition coefficient (Wildman–Crippen LogP) is 6.24. The number of rotatable bonds is 9. The Morgan fingerprint density at radius 3 is 1.97 bits per heavy atom. The van der Waals surface area contributed by atoms with Crippen molar-refractivity contribution in [1.82, 2.24) is 4.98 Å². The number of thiazole rings is 1. The van der Waals surface area contributed by atoms with Gasteiger partial charge in [-0.1, -0.05) is 11.3 Å². The van der Waals surface area contributed by atoms with E-state index in [2.05, 4.69) is 10.3 Å². The molecule has 0 aliphatic carbocycles. The fourth-order valence-electron chi connectivity index (χ4n) is 3.45. The standard InChI is InChI=1S/C27H23FN2O4S/c1-33-21-11-5-18(6-12-21)25-26(19-7-13-22(34-2)14-8-19)35-27(30-25)29-24(32)16-15-23(31)17-3-9-20(28)10-4-17/h3-14H,15-16H2,1-2H3,(H,29,30,32). The third-order valence-electron chi connectivity index (χ3n) is 5.33. The predicted molar refractivity (Wildman–Crippen MR) is 135 cm³/mol. The summed E-state index contributed by atoms with van der Waals surface area (Å²) in [4.78, 5) is 30.4. The van der Waals surface area contributed by atoms with Crippen LogP contribution in [0.5, 0.6) is 11.5 Å². The summed E-state index contributed by atoms with van der Waals surface area (Å²) in [6.45, 7) is 0. The summed E-state index contributed by atoms with van der Waals surface area (Å²) in [5.41, 5.74) is 2.90. The first-order valence-electron chi connectivity index (χ1n) is 10.8. The van der Waals surface area contributed by atoms with Gasteiger partial charge in [0.1, 0.15) is 17.3 Å². The molecular formula is C27H23FN2O4S. The molecule has 0 saturated heterocycles. The van der Waals surface area contributed by atoms with Crippen LogP contribution in [0.25, 0.3) is 21.7 Å². The molecule has 1 aromatic heterocycles. The molecule has 0 radical (unpaired) electrons. The molecule has 1 heterocycles. The van der Waals surface area contributed by atoms with Crippen molar-refractivity contribution in [2.75, 3.05) is 19.5 Å². The molecule has 35 heavy (non-hydrogen) atoms. The van der Waals surface area contributed by atoms with Gasteiger partial charge in [0.2, 0.25) is 5.91 Å². The largest absolute Gasteiger partial charge is 0.497 e. The SMILES string of the molecule is COc1ccc(-c2nc(NC(=O)CCC(=O)c3ccc(F)cc3)sc2-c2ccc(OC)cc2)cc1. The lowest BCUT2D eigenvalue weighted by molar-refractivity contribution is -0.116. The highest BCUT2D eigenvalue weighted by Crippen LogP contribution is 2.40. The maximum atomic E-state index is 13.1. The Bertz CT molecular complexity index is 1250. The average Bonchev–Trinajstić information content (AvgIpc) is 3.31. The van der Waals surface area contributed by atoms with Crippen LogP contribution in [-0.2, 0) is 4.79 Å². The number of carbonyl (C=O) groups excluding carboxylic acids is 2. The zero-order valence-corrected chi connectivity index (χ0v) is 20.0. The highest BCUT2D eigenvalue weighted by atomic mass is 32.1. The average molecular weight is 491 g/mol. The second-order valence-corrected chi connectivity index (χ2v) is 8.63. The van der Waals surface area contributed by atoms with Crippen molar-refractivity contribution in [2.45, 2.75) is 12.8 Å². The molecule has 0 atom stereocenters. The van der Waals surface area contributed by atoms with Crippen LogP contribution in [0.1, 0.15) is 23.2 Å². The smallest absolute Gasteiger partial charge is 0.226 e. The number of ketones is 1. The van der Waals surface area contributed by atoms with Crippen molar-refractivity contribution in [1.29, 1.82) is 0 Å². The van der Waals surface area contributed by atoms with E-state index in [9.17, 15) is 14.0 Å². The molecule has 0 aliphatic rings. The summed E-state index contributed by atoms with van der Waals surface area (Å²) in [5.74, 6) is 0.509. The van der Waals surface area contributed by atoms with Gasteiger partial charge in [-0.05, 0) is 78.4 Å². The first-order valence-corrected chi connectivity index (χ1v) is 11.7. The van der Waals surface area contributed by atoms with Crippen LogP contribution in [0.4, 0.5) is 9.52 Å². The summed E-state index contributed by atoms with van der Waals surface area (Å²) in [6.07, 6.45) is 0.00500. The van der Waals surface area contributed by atoms with Crippen molar-refractivity contribution in [3.8, 4) is 33.2 Å². The van der Waals surface area contributed by atoms with Gasteiger partial charge in [0, 0.05) is 24.0 Å². The summed E-state index contributed by atoms with van der Waals surface area (Å²) in [7, 11) is 3.22. The van der Waals surface area contributed by atoms with Gasteiger partial charge in [-0.3, -0.25) is 9.59 Å². The monoisotopic (exact) mass is 490 g/mol. The second kappa shape index (κ2) is 10.9. The Balaban J connectivity index is 1.53. The Labute approximate surface area is 206 Å². The topological polar surface area (TPSA) is 77.5 Å². The zero-order valence-electron chi connectivity index (χ0n) is 19.2. The van der Waals surface area contributed by atoms with Gasteiger partial charge in [-0.25, -0.2) is 9.37 Å². The number of hydrogen-bond acceptors (Lipinski definition) is 6. The molecule has 3 aromatic carbocycles. The molecule has 0 unspecified atom stereocenters. The lowest BCUT2D eigenvalue weighted by Crippen LogP contribution is -2.13. The van der Waals surface area contributed by atoms with E-state index in [4.69, 9.17) is 9.47 Å². The minimum absolute atomic E-state index is 0.00840. The maximum Gasteiger partial charge on any atom is 0.226 e. The maximum absolute atomic E-state index is 13.1. The number of nitrogens with zero attached hydrogens (tertiary/aromatic N) is 1. The molecule has 0 fully saturated rings. The van der Waals surface area contributed by atoms with E-state index in [0.29, 0.717) is 10.7 Å². The number of amides is 1. The van der Waals surface area contributed by atoms with Gasteiger partial charge in [-0.15, -0.1) is 0 Å². The van der Waals surface area contributed by atoms with Crippen LogP contribution in [0.3, 0.4) is 0 Å². The second-order valence-electron chi connectivity index (χ2n) is 7.63. The number of anilines is 1. The fourth-order valence-corrected chi connectivity index (χ4v) is 4.45. The Morgan fingerprint density at radius 1 is 0.829 bits per heavy atom. The van der Waals surface area contributed by atoms with E-state index >= 15 is 0 Å². The first kappa shape index (κ1) is 24.1. The van der Waals surface area contributed by atoms with Gasteiger partial charge >= 0.3 is 0 Å². The first-order chi connectivity index (χ1) is 17.0. The number of ether oxygens (including phenoxy) is 2. The van der Waals surface area contributed by atoms with Gasteiger partial charge in [0.05, 0.1) is 24.8 Å². The number of aromatic nitrogens is 1. The molecule has 6 nitrogen and oxygen atoms in total. The highest BCUT2D eigenvalue weighted by Gasteiger charge is 2.18. The number of halogens is 1. The van der Waals surface area contributed by atoms with Crippen molar-refractivity contribution < 1.29 is 23.5 Å². The molecule has 0 saturated carbocycles. The minimum Gasteiger partial charge on any atom is -0.497 e. The molecule has 1 N–H and O–H groups in total. The number of benzene rings is 3. The molecule has 178 valence electrons. The van der Waals surface area contributed by atoms with Gasteiger partial charge < -0.3 is 14.8 Å². The van der Waals surface area contributed by atoms with Crippen molar-refractivity contribution in [3.05, 3.63) is 84.2 Å². The lowest BCUT2D eigenvalue weighted by atomic mass is 10.1.